The maximum atomic E-state index is 11.3. The standard InChI is InChI=1S/C14H20N2O3/c1-3-16(4-2)8-12(17)10-5-6-13-11(7-10)15-14(18)9-19-13/h5-7,12,17H,3-4,8-9H2,1-2H3,(H,15,18)/t12-/m0/s1. The summed E-state index contributed by atoms with van der Waals surface area (Å²) in [4.78, 5) is 13.4. The summed E-state index contributed by atoms with van der Waals surface area (Å²) in [6.45, 7) is 6.57. The van der Waals surface area contributed by atoms with Gasteiger partial charge in [-0.05, 0) is 30.8 Å². The SMILES string of the molecule is CCN(CC)C[C@H](O)c1ccc2c(c1)NC(=O)CO2. The lowest BCUT2D eigenvalue weighted by Crippen LogP contribution is -2.28. The summed E-state index contributed by atoms with van der Waals surface area (Å²) in [7, 11) is 0. The molecule has 2 rings (SSSR count). The van der Waals surface area contributed by atoms with Gasteiger partial charge in [0.25, 0.3) is 5.91 Å². The highest BCUT2D eigenvalue weighted by atomic mass is 16.5. The molecule has 0 fully saturated rings. The Kier molecular flexibility index (Phi) is 4.39. The molecule has 0 aliphatic carbocycles. The van der Waals surface area contributed by atoms with Crippen molar-refractivity contribution in [3.8, 4) is 5.75 Å². The van der Waals surface area contributed by atoms with Crippen LogP contribution in [0.1, 0.15) is 25.5 Å². The molecule has 0 aromatic heterocycles. The molecule has 1 aromatic rings. The predicted molar refractivity (Wildman–Crippen MR) is 73.3 cm³/mol. The topological polar surface area (TPSA) is 61.8 Å². The van der Waals surface area contributed by atoms with E-state index in [0.717, 1.165) is 18.7 Å². The molecule has 104 valence electrons. The van der Waals surface area contributed by atoms with E-state index in [4.69, 9.17) is 4.74 Å². The Morgan fingerprint density at radius 1 is 1.42 bits per heavy atom. The van der Waals surface area contributed by atoms with Crippen molar-refractivity contribution in [2.24, 2.45) is 0 Å². The Balaban J connectivity index is 2.12. The van der Waals surface area contributed by atoms with Gasteiger partial charge in [-0.3, -0.25) is 4.79 Å². The summed E-state index contributed by atoms with van der Waals surface area (Å²) in [6, 6.07) is 5.40. The summed E-state index contributed by atoms with van der Waals surface area (Å²) in [5, 5.41) is 13.0. The number of carbonyl (C=O) groups excluding carboxylic acids is 1. The molecule has 0 radical (unpaired) electrons. The van der Waals surface area contributed by atoms with E-state index in [0.29, 0.717) is 18.0 Å². The number of nitrogens with zero attached hydrogens (tertiary/aromatic N) is 1. The number of hydrogen-bond acceptors (Lipinski definition) is 4. The van der Waals surface area contributed by atoms with Gasteiger partial charge in [0.15, 0.2) is 6.61 Å². The molecule has 1 heterocycles. The molecule has 1 aliphatic rings. The Morgan fingerprint density at radius 3 is 2.84 bits per heavy atom. The van der Waals surface area contributed by atoms with E-state index in [1.165, 1.54) is 0 Å². The molecule has 19 heavy (non-hydrogen) atoms. The number of benzene rings is 1. The molecule has 0 saturated carbocycles. The van der Waals surface area contributed by atoms with Gasteiger partial charge in [0.05, 0.1) is 11.8 Å². The molecule has 1 aromatic carbocycles. The molecule has 1 atom stereocenters. The van der Waals surface area contributed by atoms with Crippen LogP contribution in [-0.4, -0.2) is 42.2 Å². The quantitative estimate of drug-likeness (QED) is 0.843. The third-order valence-electron chi connectivity index (χ3n) is 3.35. The minimum absolute atomic E-state index is 0.0499. The first-order chi connectivity index (χ1) is 9.13. The van der Waals surface area contributed by atoms with E-state index < -0.39 is 6.10 Å². The van der Waals surface area contributed by atoms with Crippen molar-refractivity contribution >= 4 is 11.6 Å². The summed E-state index contributed by atoms with van der Waals surface area (Å²) < 4.78 is 5.29. The lowest BCUT2D eigenvalue weighted by Gasteiger charge is -2.24. The average molecular weight is 264 g/mol. The maximum Gasteiger partial charge on any atom is 0.262 e. The summed E-state index contributed by atoms with van der Waals surface area (Å²) in [5.41, 5.74) is 1.42. The molecule has 5 heteroatoms. The second-order valence-electron chi connectivity index (χ2n) is 4.59. The number of nitrogens with one attached hydrogen (secondary N) is 1. The van der Waals surface area contributed by atoms with E-state index >= 15 is 0 Å². The summed E-state index contributed by atoms with van der Waals surface area (Å²) in [6.07, 6.45) is -0.566. The van der Waals surface area contributed by atoms with E-state index in [1.807, 2.05) is 6.07 Å². The van der Waals surface area contributed by atoms with Crippen molar-refractivity contribution in [1.29, 1.82) is 0 Å². The van der Waals surface area contributed by atoms with Crippen LogP contribution in [0.15, 0.2) is 18.2 Å². The number of carbonyl (C=O) groups is 1. The molecule has 5 nitrogen and oxygen atoms in total. The highest BCUT2D eigenvalue weighted by Crippen LogP contribution is 2.30. The van der Waals surface area contributed by atoms with Crippen LogP contribution in [0, 0.1) is 0 Å². The number of aliphatic hydroxyl groups is 1. The van der Waals surface area contributed by atoms with E-state index in [2.05, 4.69) is 24.1 Å². The highest BCUT2D eigenvalue weighted by Gasteiger charge is 2.18. The molecule has 2 N–H and O–H groups in total. The van der Waals surface area contributed by atoms with Crippen LogP contribution in [0.25, 0.3) is 0 Å². The Labute approximate surface area is 113 Å². The second kappa shape index (κ2) is 6.04. The summed E-state index contributed by atoms with van der Waals surface area (Å²) in [5.74, 6) is 0.487. The van der Waals surface area contributed by atoms with Crippen LogP contribution in [0.2, 0.25) is 0 Å². The molecule has 0 spiro atoms. The number of fused-ring (bicyclic) bond motifs is 1. The van der Waals surface area contributed by atoms with Crippen molar-refractivity contribution in [1.82, 2.24) is 4.90 Å². The first-order valence-electron chi connectivity index (χ1n) is 6.61. The molecular formula is C14H20N2O3. The zero-order valence-corrected chi connectivity index (χ0v) is 11.3. The largest absolute Gasteiger partial charge is 0.482 e. The molecule has 0 unspecified atom stereocenters. The molecule has 0 bridgehead atoms. The number of anilines is 1. The van der Waals surface area contributed by atoms with Crippen LogP contribution in [0.5, 0.6) is 5.75 Å². The average Bonchev–Trinajstić information content (AvgIpc) is 2.43. The highest BCUT2D eigenvalue weighted by molar-refractivity contribution is 5.95. The summed E-state index contributed by atoms with van der Waals surface area (Å²) >= 11 is 0. The van der Waals surface area contributed by atoms with Gasteiger partial charge in [-0.2, -0.15) is 0 Å². The van der Waals surface area contributed by atoms with Gasteiger partial charge < -0.3 is 20.1 Å². The van der Waals surface area contributed by atoms with E-state index in [-0.39, 0.29) is 12.5 Å². The molecule has 0 saturated heterocycles. The first kappa shape index (κ1) is 13.8. The van der Waals surface area contributed by atoms with Gasteiger partial charge in [-0.15, -0.1) is 0 Å². The third-order valence-corrected chi connectivity index (χ3v) is 3.35. The Morgan fingerprint density at radius 2 is 2.16 bits per heavy atom. The Bertz CT molecular complexity index is 458. The van der Waals surface area contributed by atoms with Crippen molar-refractivity contribution in [2.45, 2.75) is 20.0 Å². The molecule has 1 aliphatic heterocycles. The number of aliphatic hydroxyl groups excluding tert-OH is 1. The van der Waals surface area contributed by atoms with Gasteiger partial charge in [-0.25, -0.2) is 0 Å². The van der Waals surface area contributed by atoms with E-state index in [1.54, 1.807) is 12.1 Å². The number of rotatable bonds is 5. The predicted octanol–water partition coefficient (Wildman–Crippen LogP) is 1.39. The smallest absolute Gasteiger partial charge is 0.262 e. The lowest BCUT2D eigenvalue weighted by atomic mass is 10.1. The second-order valence-corrected chi connectivity index (χ2v) is 4.59. The molecular weight excluding hydrogens is 244 g/mol. The number of likely N-dealkylation sites (N-methyl/N-ethyl adjacent to an activating group) is 1. The maximum absolute atomic E-state index is 11.3. The van der Waals surface area contributed by atoms with Crippen molar-refractivity contribution < 1.29 is 14.6 Å². The van der Waals surface area contributed by atoms with Crippen molar-refractivity contribution in [3.63, 3.8) is 0 Å². The van der Waals surface area contributed by atoms with Gasteiger partial charge in [-0.1, -0.05) is 19.9 Å². The number of ether oxygens (including phenoxy) is 1. The number of hydrogen-bond donors (Lipinski definition) is 2. The van der Waals surface area contributed by atoms with Gasteiger partial charge in [0.2, 0.25) is 0 Å². The lowest BCUT2D eigenvalue weighted by molar-refractivity contribution is -0.118. The van der Waals surface area contributed by atoms with Gasteiger partial charge in [0, 0.05) is 6.54 Å². The van der Waals surface area contributed by atoms with Crippen LogP contribution in [0.3, 0.4) is 0 Å². The minimum Gasteiger partial charge on any atom is -0.482 e. The zero-order chi connectivity index (χ0) is 13.8. The first-order valence-corrected chi connectivity index (χ1v) is 6.61. The van der Waals surface area contributed by atoms with Crippen LogP contribution < -0.4 is 10.1 Å². The van der Waals surface area contributed by atoms with E-state index in [9.17, 15) is 9.90 Å². The minimum atomic E-state index is -0.566. The van der Waals surface area contributed by atoms with Gasteiger partial charge >= 0.3 is 0 Å². The van der Waals surface area contributed by atoms with Crippen molar-refractivity contribution in [2.75, 3.05) is 31.6 Å². The fourth-order valence-corrected chi connectivity index (χ4v) is 2.14. The van der Waals surface area contributed by atoms with Gasteiger partial charge in [0.1, 0.15) is 5.75 Å². The molecule has 1 amide bonds. The van der Waals surface area contributed by atoms with Crippen LogP contribution in [-0.2, 0) is 4.79 Å². The normalized spacial score (nSPS) is 15.7. The van der Waals surface area contributed by atoms with Crippen LogP contribution >= 0.6 is 0 Å². The third kappa shape index (κ3) is 3.24. The monoisotopic (exact) mass is 264 g/mol. The Hall–Kier alpha value is -1.59. The fraction of sp³-hybridized carbons (Fsp3) is 0.500. The fourth-order valence-electron chi connectivity index (χ4n) is 2.14. The number of amides is 1. The zero-order valence-electron chi connectivity index (χ0n) is 11.3. The van der Waals surface area contributed by atoms with Crippen molar-refractivity contribution in [3.05, 3.63) is 23.8 Å². The van der Waals surface area contributed by atoms with Crippen LogP contribution in [0.4, 0.5) is 5.69 Å².